The van der Waals surface area contributed by atoms with E-state index >= 15 is 0 Å². The maximum atomic E-state index is 13.4. The van der Waals surface area contributed by atoms with Crippen molar-refractivity contribution in [2.75, 3.05) is 0 Å². The standard InChI is InChI=1S/C23H22F3NO/c1-22-14-6-5-9-19(22)20(17-10-12-18(13-11-17)23(24,25)26)27(21(22)28)15-16-7-3-2-4-8-16/h2-5,7-13,19-20H,6,14-15H2,1H3/t19?,20?,22-/m1/s1. The first kappa shape index (κ1) is 18.8. The Morgan fingerprint density at radius 1 is 1.07 bits per heavy atom. The number of benzene rings is 2. The second-order valence-corrected chi connectivity index (χ2v) is 7.89. The van der Waals surface area contributed by atoms with Crippen LogP contribution in [0.5, 0.6) is 0 Å². The van der Waals surface area contributed by atoms with Gasteiger partial charge in [0.15, 0.2) is 0 Å². The van der Waals surface area contributed by atoms with Crippen molar-refractivity contribution < 1.29 is 18.0 Å². The number of alkyl halides is 3. The third-order valence-corrected chi connectivity index (χ3v) is 6.11. The summed E-state index contributed by atoms with van der Waals surface area (Å²) < 4.78 is 38.9. The lowest BCUT2D eigenvalue weighted by atomic mass is 9.69. The van der Waals surface area contributed by atoms with Gasteiger partial charge in [0.2, 0.25) is 5.91 Å². The summed E-state index contributed by atoms with van der Waals surface area (Å²) in [6.07, 6.45) is 1.40. The van der Waals surface area contributed by atoms with Crippen LogP contribution in [0.1, 0.15) is 42.5 Å². The number of amides is 1. The molecule has 1 amide bonds. The average Bonchev–Trinajstić information content (AvgIpc) is 2.90. The normalized spacial score (nSPS) is 27.1. The zero-order valence-electron chi connectivity index (χ0n) is 15.6. The maximum Gasteiger partial charge on any atom is 0.416 e. The van der Waals surface area contributed by atoms with Crippen LogP contribution in [0.25, 0.3) is 0 Å². The van der Waals surface area contributed by atoms with Gasteiger partial charge in [-0.1, -0.05) is 61.5 Å². The molecular formula is C23H22F3NO. The molecular weight excluding hydrogens is 363 g/mol. The molecule has 0 radical (unpaired) electrons. The van der Waals surface area contributed by atoms with Crippen LogP contribution in [0.3, 0.4) is 0 Å². The molecule has 2 aliphatic rings. The summed E-state index contributed by atoms with van der Waals surface area (Å²) >= 11 is 0. The van der Waals surface area contributed by atoms with E-state index in [9.17, 15) is 18.0 Å². The molecule has 5 heteroatoms. The SMILES string of the molecule is C[C@@]12CCC=CC1C(c1ccc(C(F)(F)F)cc1)N(Cc1ccccc1)C2=O. The van der Waals surface area contributed by atoms with E-state index < -0.39 is 17.2 Å². The third kappa shape index (κ3) is 3.13. The number of carbonyl (C=O) groups is 1. The molecule has 28 heavy (non-hydrogen) atoms. The minimum Gasteiger partial charge on any atom is -0.330 e. The number of nitrogens with zero attached hydrogens (tertiary/aromatic N) is 1. The van der Waals surface area contributed by atoms with Crippen molar-refractivity contribution in [3.8, 4) is 0 Å². The molecule has 2 aromatic carbocycles. The number of rotatable bonds is 3. The van der Waals surface area contributed by atoms with Crippen LogP contribution in [0.4, 0.5) is 13.2 Å². The number of halogens is 3. The van der Waals surface area contributed by atoms with Gasteiger partial charge in [0.25, 0.3) is 0 Å². The fraction of sp³-hybridized carbons (Fsp3) is 0.348. The van der Waals surface area contributed by atoms with Gasteiger partial charge in [-0.25, -0.2) is 0 Å². The van der Waals surface area contributed by atoms with Gasteiger partial charge < -0.3 is 4.90 Å². The van der Waals surface area contributed by atoms with Crippen molar-refractivity contribution in [1.29, 1.82) is 0 Å². The fourth-order valence-electron chi connectivity index (χ4n) is 4.56. The Bertz CT molecular complexity index is 888. The summed E-state index contributed by atoms with van der Waals surface area (Å²) in [5, 5.41) is 0. The smallest absolute Gasteiger partial charge is 0.330 e. The van der Waals surface area contributed by atoms with E-state index in [1.54, 1.807) is 0 Å². The minimum absolute atomic E-state index is 0.0470. The molecule has 4 rings (SSSR count). The Morgan fingerprint density at radius 3 is 2.39 bits per heavy atom. The lowest BCUT2D eigenvalue weighted by Gasteiger charge is -2.31. The van der Waals surface area contributed by atoms with Crippen molar-refractivity contribution in [1.82, 2.24) is 4.90 Å². The van der Waals surface area contributed by atoms with Crippen LogP contribution in [-0.4, -0.2) is 10.8 Å². The number of likely N-dealkylation sites (tertiary alicyclic amines) is 1. The first-order valence-electron chi connectivity index (χ1n) is 9.49. The van der Waals surface area contributed by atoms with Crippen molar-refractivity contribution in [2.24, 2.45) is 11.3 Å². The van der Waals surface area contributed by atoms with Crippen molar-refractivity contribution in [2.45, 2.75) is 38.5 Å². The van der Waals surface area contributed by atoms with E-state index in [1.807, 2.05) is 42.2 Å². The molecule has 1 heterocycles. The zero-order chi connectivity index (χ0) is 19.9. The summed E-state index contributed by atoms with van der Waals surface area (Å²) in [6, 6.07) is 14.7. The Kier molecular flexibility index (Phi) is 4.56. The summed E-state index contributed by atoms with van der Waals surface area (Å²) in [7, 11) is 0. The largest absolute Gasteiger partial charge is 0.416 e. The van der Waals surface area contributed by atoms with Crippen molar-refractivity contribution in [3.63, 3.8) is 0 Å². The van der Waals surface area contributed by atoms with E-state index in [4.69, 9.17) is 0 Å². The number of allylic oxidation sites excluding steroid dienone is 1. The Labute approximate surface area is 162 Å². The first-order valence-corrected chi connectivity index (χ1v) is 9.49. The molecule has 1 aliphatic heterocycles. The topological polar surface area (TPSA) is 20.3 Å². The lowest BCUT2D eigenvalue weighted by molar-refractivity contribution is -0.138. The first-order chi connectivity index (χ1) is 13.3. The highest BCUT2D eigenvalue weighted by Gasteiger charge is 2.55. The van der Waals surface area contributed by atoms with Crippen molar-refractivity contribution in [3.05, 3.63) is 83.4 Å². The fourth-order valence-corrected chi connectivity index (χ4v) is 4.56. The van der Waals surface area contributed by atoms with E-state index in [0.29, 0.717) is 6.54 Å². The zero-order valence-corrected chi connectivity index (χ0v) is 15.6. The molecule has 0 N–H and O–H groups in total. The maximum absolute atomic E-state index is 13.4. The van der Waals surface area contributed by atoms with Crippen molar-refractivity contribution >= 4 is 5.91 Å². The monoisotopic (exact) mass is 385 g/mol. The van der Waals surface area contributed by atoms with E-state index in [2.05, 4.69) is 12.2 Å². The van der Waals surface area contributed by atoms with Gasteiger partial charge in [-0.2, -0.15) is 13.2 Å². The second-order valence-electron chi connectivity index (χ2n) is 7.89. The molecule has 1 aliphatic carbocycles. The molecule has 0 aromatic heterocycles. The van der Waals surface area contributed by atoms with E-state index in [1.165, 1.54) is 12.1 Å². The van der Waals surface area contributed by atoms with Gasteiger partial charge in [0.05, 0.1) is 17.0 Å². The average molecular weight is 385 g/mol. The van der Waals surface area contributed by atoms with Gasteiger partial charge in [0, 0.05) is 12.5 Å². The molecule has 1 fully saturated rings. The van der Waals surface area contributed by atoms with Crippen LogP contribution in [0.2, 0.25) is 0 Å². The van der Waals surface area contributed by atoms with Crippen LogP contribution in [0, 0.1) is 11.3 Å². The number of carbonyl (C=O) groups excluding carboxylic acids is 1. The summed E-state index contributed by atoms with van der Waals surface area (Å²) in [4.78, 5) is 15.2. The third-order valence-electron chi connectivity index (χ3n) is 6.11. The number of hydrogen-bond donors (Lipinski definition) is 0. The minimum atomic E-state index is -4.37. The molecule has 0 spiro atoms. The highest BCUT2D eigenvalue weighted by atomic mass is 19.4. The predicted molar refractivity (Wildman–Crippen MR) is 101 cm³/mol. The van der Waals surface area contributed by atoms with Crippen LogP contribution >= 0.6 is 0 Å². The van der Waals surface area contributed by atoms with E-state index in [0.717, 1.165) is 36.1 Å². The number of fused-ring (bicyclic) bond motifs is 1. The molecule has 2 aromatic rings. The lowest BCUT2D eigenvalue weighted by Crippen LogP contribution is -2.34. The van der Waals surface area contributed by atoms with Gasteiger partial charge in [0.1, 0.15) is 0 Å². The van der Waals surface area contributed by atoms with Crippen LogP contribution in [-0.2, 0) is 17.5 Å². The molecule has 2 nitrogen and oxygen atoms in total. The summed E-state index contributed by atoms with van der Waals surface area (Å²) in [6.45, 7) is 2.44. The summed E-state index contributed by atoms with van der Waals surface area (Å²) in [5.74, 6) is 0.0322. The quantitative estimate of drug-likeness (QED) is 0.615. The summed E-state index contributed by atoms with van der Waals surface area (Å²) in [5.41, 5.74) is 0.574. The highest BCUT2D eigenvalue weighted by molar-refractivity contribution is 5.86. The van der Waals surface area contributed by atoms with Gasteiger partial charge in [-0.3, -0.25) is 4.79 Å². The van der Waals surface area contributed by atoms with E-state index in [-0.39, 0.29) is 17.9 Å². The Hall–Kier alpha value is -2.56. The molecule has 2 unspecified atom stereocenters. The second kappa shape index (κ2) is 6.80. The Balaban J connectivity index is 1.75. The molecule has 1 saturated heterocycles. The molecule has 0 bridgehead atoms. The van der Waals surface area contributed by atoms with Gasteiger partial charge in [-0.05, 0) is 36.1 Å². The number of hydrogen-bond acceptors (Lipinski definition) is 1. The highest BCUT2D eigenvalue weighted by Crippen LogP contribution is 2.54. The Morgan fingerprint density at radius 2 is 1.75 bits per heavy atom. The molecule has 146 valence electrons. The van der Waals surface area contributed by atoms with Crippen LogP contribution in [0.15, 0.2) is 66.7 Å². The van der Waals surface area contributed by atoms with Gasteiger partial charge >= 0.3 is 6.18 Å². The van der Waals surface area contributed by atoms with Gasteiger partial charge in [-0.15, -0.1) is 0 Å². The predicted octanol–water partition coefficient (Wildman–Crippen LogP) is 5.76. The molecule has 0 saturated carbocycles. The molecule has 3 atom stereocenters. The van der Waals surface area contributed by atoms with Crippen LogP contribution < -0.4 is 0 Å².